The van der Waals surface area contributed by atoms with E-state index in [1.54, 1.807) is 0 Å². The van der Waals surface area contributed by atoms with Gasteiger partial charge in [0.2, 0.25) is 5.91 Å². The number of carbonyl (C=O) groups excluding carboxylic acids is 1. The maximum Gasteiger partial charge on any atom is 0.435 e. The van der Waals surface area contributed by atoms with Crippen molar-refractivity contribution in [3.05, 3.63) is 33.9 Å². The number of fused-ring (bicyclic) bond motifs is 1. The van der Waals surface area contributed by atoms with Crippen LogP contribution in [0.2, 0.25) is 0 Å². The third kappa shape index (κ3) is 3.47. The van der Waals surface area contributed by atoms with Crippen LogP contribution in [0.3, 0.4) is 0 Å². The van der Waals surface area contributed by atoms with Gasteiger partial charge in [-0.05, 0) is 46.5 Å². The summed E-state index contributed by atoms with van der Waals surface area (Å²) in [7, 11) is 0. The number of aromatic amines is 1. The number of halogens is 3. The number of carbonyl (C=O) groups is 1. The molecular weight excluding hydrogens is 347 g/mol. The minimum Gasteiger partial charge on any atom is -0.348 e. The first kappa shape index (κ1) is 18.5. The predicted molar refractivity (Wildman–Crippen MR) is 88.5 cm³/mol. The van der Waals surface area contributed by atoms with Crippen molar-refractivity contribution >= 4 is 5.91 Å². The van der Waals surface area contributed by atoms with Crippen LogP contribution in [0, 0.1) is 13.8 Å². The van der Waals surface area contributed by atoms with E-state index in [9.17, 15) is 18.0 Å². The van der Waals surface area contributed by atoms with Crippen LogP contribution in [0.1, 0.15) is 59.7 Å². The molecule has 2 aromatic heterocycles. The second-order valence-corrected chi connectivity index (χ2v) is 6.77. The van der Waals surface area contributed by atoms with Gasteiger partial charge in [-0.1, -0.05) is 0 Å². The molecule has 0 aromatic carbocycles. The number of hydrogen-bond acceptors (Lipinski definition) is 3. The molecule has 1 unspecified atom stereocenters. The van der Waals surface area contributed by atoms with Gasteiger partial charge < -0.3 is 5.32 Å². The molecular formula is C17H22F3N5O. The van der Waals surface area contributed by atoms with Crippen LogP contribution in [0.15, 0.2) is 0 Å². The van der Waals surface area contributed by atoms with E-state index in [1.807, 2.05) is 20.8 Å². The average molecular weight is 369 g/mol. The molecule has 1 atom stereocenters. The molecule has 142 valence electrons. The highest BCUT2D eigenvalue weighted by atomic mass is 19.4. The lowest BCUT2D eigenvalue weighted by molar-refractivity contribution is -0.142. The highest BCUT2D eigenvalue weighted by Gasteiger charge is 2.39. The fourth-order valence-corrected chi connectivity index (χ4v) is 3.72. The van der Waals surface area contributed by atoms with Gasteiger partial charge in [0.05, 0.1) is 11.7 Å². The lowest BCUT2D eigenvalue weighted by atomic mass is 9.95. The van der Waals surface area contributed by atoms with E-state index in [-0.39, 0.29) is 24.1 Å². The Balaban J connectivity index is 1.78. The SMILES string of the molecule is Cc1n[nH]c(C)c1C(C)NC(=O)Cn1nc(C(F)(F)F)c2c1CCCC2. The standard InChI is InChI=1S/C17H22F3N5O/c1-9(15-10(2)22-23-11(15)3)21-14(26)8-25-13-7-5-4-6-12(13)16(24-25)17(18,19)20/h9H,4-8H2,1-3H3,(H,21,26)(H,22,23). The van der Waals surface area contributed by atoms with E-state index < -0.39 is 11.9 Å². The summed E-state index contributed by atoms with van der Waals surface area (Å²) in [5.41, 5.74) is 2.44. The third-order valence-electron chi connectivity index (χ3n) is 4.81. The predicted octanol–water partition coefficient (Wildman–Crippen LogP) is 3.00. The zero-order chi connectivity index (χ0) is 19.1. The summed E-state index contributed by atoms with van der Waals surface area (Å²) in [6.07, 6.45) is -2.11. The quantitative estimate of drug-likeness (QED) is 0.870. The Morgan fingerprint density at radius 3 is 2.62 bits per heavy atom. The molecule has 2 aromatic rings. The number of nitrogens with zero attached hydrogens (tertiary/aromatic N) is 3. The molecule has 6 nitrogen and oxygen atoms in total. The fourth-order valence-electron chi connectivity index (χ4n) is 3.72. The van der Waals surface area contributed by atoms with Crippen molar-refractivity contribution in [3.63, 3.8) is 0 Å². The maximum absolute atomic E-state index is 13.2. The first-order valence-corrected chi connectivity index (χ1v) is 8.65. The van der Waals surface area contributed by atoms with E-state index in [2.05, 4.69) is 20.6 Å². The molecule has 1 aliphatic carbocycles. The normalized spacial score (nSPS) is 15.6. The number of aromatic nitrogens is 4. The van der Waals surface area contributed by atoms with Crippen LogP contribution < -0.4 is 5.32 Å². The Morgan fingerprint density at radius 2 is 2.00 bits per heavy atom. The van der Waals surface area contributed by atoms with E-state index >= 15 is 0 Å². The van der Waals surface area contributed by atoms with Crippen molar-refractivity contribution < 1.29 is 18.0 Å². The van der Waals surface area contributed by atoms with Crippen molar-refractivity contribution in [2.24, 2.45) is 0 Å². The second-order valence-electron chi connectivity index (χ2n) is 6.77. The molecule has 1 aliphatic rings. The summed E-state index contributed by atoms with van der Waals surface area (Å²) < 4.78 is 40.9. The van der Waals surface area contributed by atoms with Gasteiger partial charge in [0.25, 0.3) is 0 Å². The Hall–Kier alpha value is -2.32. The summed E-state index contributed by atoms with van der Waals surface area (Å²) in [6.45, 7) is 5.29. The second kappa shape index (κ2) is 6.77. The van der Waals surface area contributed by atoms with Gasteiger partial charge in [-0.25, -0.2) is 0 Å². The zero-order valence-corrected chi connectivity index (χ0v) is 15.0. The third-order valence-corrected chi connectivity index (χ3v) is 4.81. The van der Waals surface area contributed by atoms with Gasteiger partial charge in [-0.15, -0.1) is 0 Å². The van der Waals surface area contributed by atoms with E-state index in [0.29, 0.717) is 25.0 Å². The summed E-state index contributed by atoms with van der Waals surface area (Å²) in [6, 6.07) is -0.297. The molecule has 0 spiro atoms. The van der Waals surface area contributed by atoms with Crippen LogP contribution in [0.4, 0.5) is 13.2 Å². The first-order valence-electron chi connectivity index (χ1n) is 8.65. The largest absolute Gasteiger partial charge is 0.435 e. The van der Waals surface area contributed by atoms with Crippen molar-refractivity contribution in [1.82, 2.24) is 25.3 Å². The Bertz CT molecular complexity index is 802. The molecule has 0 fully saturated rings. The van der Waals surface area contributed by atoms with Gasteiger partial charge in [0, 0.05) is 22.5 Å². The first-order chi connectivity index (χ1) is 12.2. The molecule has 0 saturated heterocycles. The summed E-state index contributed by atoms with van der Waals surface area (Å²) in [5, 5.41) is 13.5. The Kier molecular flexibility index (Phi) is 4.81. The van der Waals surface area contributed by atoms with Gasteiger partial charge >= 0.3 is 6.18 Å². The molecule has 2 N–H and O–H groups in total. The number of H-pyrrole nitrogens is 1. The molecule has 0 radical (unpaired) electrons. The number of hydrogen-bond donors (Lipinski definition) is 2. The maximum atomic E-state index is 13.2. The lowest BCUT2D eigenvalue weighted by Crippen LogP contribution is -2.31. The highest BCUT2D eigenvalue weighted by molar-refractivity contribution is 5.76. The molecule has 2 heterocycles. The smallest absolute Gasteiger partial charge is 0.348 e. The van der Waals surface area contributed by atoms with Crippen LogP contribution in [-0.2, 0) is 30.4 Å². The molecule has 3 rings (SSSR count). The van der Waals surface area contributed by atoms with Crippen LogP contribution in [0.5, 0.6) is 0 Å². The van der Waals surface area contributed by atoms with Gasteiger partial charge in [-0.3, -0.25) is 14.6 Å². The van der Waals surface area contributed by atoms with Crippen LogP contribution in [0.25, 0.3) is 0 Å². The number of amides is 1. The van der Waals surface area contributed by atoms with E-state index in [0.717, 1.165) is 23.4 Å². The minimum absolute atomic E-state index is 0.224. The molecule has 0 aliphatic heterocycles. The van der Waals surface area contributed by atoms with Crippen molar-refractivity contribution in [1.29, 1.82) is 0 Å². The van der Waals surface area contributed by atoms with Crippen molar-refractivity contribution in [3.8, 4) is 0 Å². The van der Waals surface area contributed by atoms with E-state index in [1.165, 1.54) is 4.68 Å². The molecule has 0 saturated carbocycles. The molecule has 26 heavy (non-hydrogen) atoms. The summed E-state index contributed by atoms with van der Waals surface area (Å²) >= 11 is 0. The topological polar surface area (TPSA) is 75.6 Å². The number of aryl methyl sites for hydroxylation is 2. The summed E-state index contributed by atoms with van der Waals surface area (Å²) in [5.74, 6) is -0.373. The van der Waals surface area contributed by atoms with Crippen molar-refractivity contribution in [2.45, 2.75) is 65.2 Å². The van der Waals surface area contributed by atoms with Gasteiger partial charge in [-0.2, -0.15) is 23.4 Å². The van der Waals surface area contributed by atoms with E-state index in [4.69, 9.17) is 0 Å². The van der Waals surface area contributed by atoms with Crippen LogP contribution in [-0.4, -0.2) is 25.9 Å². The molecule has 9 heteroatoms. The minimum atomic E-state index is -4.50. The molecule has 0 bridgehead atoms. The number of alkyl halides is 3. The summed E-state index contributed by atoms with van der Waals surface area (Å²) in [4.78, 5) is 12.4. The molecule has 1 amide bonds. The highest BCUT2D eigenvalue weighted by Crippen LogP contribution is 2.35. The van der Waals surface area contributed by atoms with Crippen molar-refractivity contribution in [2.75, 3.05) is 0 Å². The zero-order valence-electron chi connectivity index (χ0n) is 15.0. The lowest BCUT2D eigenvalue weighted by Gasteiger charge is -2.17. The Labute approximate surface area is 149 Å². The van der Waals surface area contributed by atoms with Gasteiger partial charge in [0.1, 0.15) is 6.54 Å². The van der Waals surface area contributed by atoms with Crippen LogP contribution >= 0.6 is 0 Å². The van der Waals surface area contributed by atoms with Gasteiger partial charge in [0.15, 0.2) is 5.69 Å². The Morgan fingerprint density at radius 1 is 1.31 bits per heavy atom. The fraction of sp³-hybridized carbons (Fsp3) is 0.588. The number of nitrogens with one attached hydrogen (secondary N) is 2. The monoisotopic (exact) mass is 369 g/mol. The average Bonchev–Trinajstić information content (AvgIpc) is 3.08. The number of rotatable bonds is 4.